The van der Waals surface area contributed by atoms with Gasteiger partial charge < -0.3 is 0 Å². The van der Waals surface area contributed by atoms with Gasteiger partial charge in [0.15, 0.2) is 0 Å². The molecule has 0 aromatic carbocycles. The van der Waals surface area contributed by atoms with E-state index in [1.165, 1.54) is 32.1 Å². The molecule has 0 heteroatoms. The van der Waals surface area contributed by atoms with E-state index in [2.05, 4.69) is 41.5 Å². The van der Waals surface area contributed by atoms with E-state index in [9.17, 15) is 0 Å². The fraction of sp³-hybridized carbons (Fsp3) is 1.00. The first kappa shape index (κ1) is 14.4. The van der Waals surface area contributed by atoms with Crippen molar-refractivity contribution >= 4 is 0 Å². The lowest BCUT2D eigenvalue weighted by Gasteiger charge is -2.44. The summed E-state index contributed by atoms with van der Waals surface area (Å²) in [5, 5.41) is 0. The molecular formula is C18H34. The van der Waals surface area contributed by atoms with Crippen LogP contribution in [-0.4, -0.2) is 0 Å². The van der Waals surface area contributed by atoms with Crippen molar-refractivity contribution in [2.45, 2.75) is 80.1 Å². The highest BCUT2D eigenvalue weighted by atomic mass is 14.7. The molecule has 106 valence electrons. The van der Waals surface area contributed by atoms with Gasteiger partial charge >= 0.3 is 0 Å². The summed E-state index contributed by atoms with van der Waals surface area (Å²) in [6.07, 6.45) is 8.69. The molecule has 0 bridgehead atoms. The second kappa shape index (κ2) is 4.84. The molecule has 1 spiro atoms. The Hall–Kier alpha value is 0. The number of rotatable bonds is 5. The Balaban J connectivity index is 2.29. The zero-order chi connectivity index (χ0) is 13.6. The van der Waals surface area contributed by atoms with Crippen molar-refractivity contribution in [2.24, 2.45) is 34.5 Å². The van der Waals surface area contributed by atoms with Gasteiger partial charge in [0.25, 0.3) is 0 Å². The first-order valence-electron chi connectivity index (χ1n) is 8.47. The van der Waals surface area contributed by atoms with E-state index in [1.54, 1.807) is 6.42 Å². The van der Waals surface area contributed by atoms with Gasteiger partial charge in [-0.05, 0) is 47.3 Å². The molecule has 2 aliphatic rings. The van der Waals surface area contributed by atoms with Crippen LogP contribution in [0.1, 0.15) is 80.1 Å². The van der Waals surface area contributed by atoms with Crippen LogP contribution in [0.4, 0.5) is 0 Å². The highest BCUT2D eigenvalue weighted by molar-refractivity contribution is 5.19. The summed E-state index contributed by atoms with van der Waals surface area (Å²) in [6, 6.07) is 0. The molecule has 5 unspecified atom stereocenters. The van der Waals surface area contributed by atoms with Crippen LogP contribution < -0.4 is 0 Å². The molecule has 0 aliphatic heterocycles. The van der Waals surface area contributed by atoms with Gasteiger partial charge in [-0.15, -0.1) is 0 Å². The molecule has 2 saturated carbocycles. The van der Waals surface area contributed by atoms with E-state index in [-0.39, 0.29) is 0 Å². The van der Waals surface area contributed by atoms with Crippen LogP contribution in [0.15, 0.2) is 0 Å². The van der Waals surface area contributed by atoms with Gasteiger partial charge in [-0.3, -0.25) is 0 Å². The van der Waals surface area contributed by atoms with E-state index in [0.717, 1.165) is 29.1 Å². The summed E-state index contributed by atoms with van der Waals surface area (Å²) in [6.45, 7) is 14.9. The molecule has 0 saturated heterocycles. The van der Waals surface area contributed by atoms with Gasteiger partial charge in [0.1, 0.15) is 0 Å². The minimum Gasteiger partial charge on any atom is -0.0654 e. The first-order chi connectivity index (χ1) is 8.47. The molecular weight excluding hydrogens is 216 g/mol. The van der Waals surface area contributed by atoms with Crippen molar-refractivity contribution in [3.05, 3.63) is 0 Å². The Bertz CT molecular complexity index is 290. The lowest BCUT2D eigenvalue weighted by Crippen LogP contribution is -2.38. The van der Waals surface area contributed by atoms with Crippen molar-refractivity contribution in [3.63, 3.8) is 0 Å². The predicted molar refractivity (Wildman–Crippen MR) is 80.6 cm³/mol. The summed E-state index contributed by atoms with van der Waals surface area (Å²) in [4.78, 5) is 0. The second-order valence-corrected chi connectivity index (χ2v) is 7.61. The fourth-order valence-electron chi connectivity index (χ4n) is 5.95. The summed E-state index contributed by atoms with van der Waals surface area (Å²) < 4.78 is 0. The lowest BCUT2D eigenvalue weighted by atomic mass is 9.60. The normalized spacial score (nSPS) is 47.2. The fourth-order valence-corrected chi connectivity index (χ4v) is 5.95. The molecule has 0 radical (unpaired) electrons. The van der Waals surface area contributed by atoms with Gasteiger partial charge in [0.05, 0.1) is 0 Å². The third-order valence-electron chi connectivity index (χ3n) is 7.26. The molecule has 0 aromatic heterocycles. The average Bonchev–Trinajstić information content (AvgIpc) is 2.99. The van der Waals surface area contributed by atoms with Crippen molar-refractivity contribution in [1.82, 2.24) is 0 Å². The molecule has 2 aliphatic carbocycles. The maximum atomic E-state index is 2.66. The SMILES string of the molecule is CCCC1CC12CC(C)C(C)C2(C)C(CC)CC. The summed E-state index contributed by atoms with van der Waals surface area (Å²) in [5.74, 6) is 3.86. The Morgan fingerprint density at radius 3 is 2.17 bits per heavy atom. The van der Waals surface area contributed by atoms with Crippen molar-refractivity contribution < 1.29 is 0 Å². The highest BCUT2D eigenvalue weighted by Gasteiger charge is 2.70. The van der Waals surface area contributed by atoms with Crippen molar-refractivity contribution in [2.75, 3.05) is 0 Å². The molecule has 0 amide bonds. The van der Waals surface area contributed by atoms with Crippen molar-refractivity contribution in [1.29, 1.82) is 0 Å². The number of hydrogen-bond donors (Lipinski definition) is 0. The minimum absolute atomic E-state index is 0.621. The summed E-state index contributed by atoms with van der Waals surface area (Å²) >= 11 is 0. The van der Waals surface area contributed by atoms with Gasteiger partial charge in [0.2, 0.25) is 0 Å². The average molecular weight is 250 g/mol. The maximum absolute atomic E-state index is 2.66. The predicted octanol–water partition coefficient (Wildman–Crippen LogP) is 5.91. The van der Waals surface area contributed by atoms with Crippen LogP contribution in [0.25, 0.3) is 0 Å². The van der Waals surface area contributed by atoms with Crippen molar-refractivity contribution in [3.8, 4) is 0 Å². The quantitative estimate of drug-likeness (QED) is 0.569. The largest absolute Gasteiger partial charge is 0.0654 e. The maximum Gasteiger partial charge on any atom is -0.0204 e. The van der Waals surface area contributed by atoms with E-state index >= 15 is 0 Å². The molecule has 0 aromatic rings. The molecule has 18 heavy (non-hydrogen) atoms. The molecule has 5 atom stereocenters. The standard InChI is InChI=1S/C18H34/c1-7-10-16-12-18(16)11-13(4)14(5)17(18,6)15(8-2)9-3/h13-16H,7-12H2,1-6H3. The third-order valence-corrected chi connectivity index (χ3v) is 7.26. The Morgan fingerprint density at radius 2 is 1.67 bits per heavy atom. The van der Waals surface area contributed by atoms with Crippen LogP contribution in [0.3, 0.4) is 0 Å². The van der Waals surface area contributed by atoms with E-state index in [4.69, 9.17) is 0 Å². The van der Waals surface area contributed by atoms with Crippen LogP contribution in [-0.2, 0) is 0 Å². The summed E-state index contributed by atoms with van der Waals surface area (Å²) in [7, 11) is 0. The Morgan fingerprint density at radius 1 is 1.06 bits per heavy atom. The first-order valence-corrected chi connectivity index (χ1v) is 8.47. The van der Waals surface area contributed by atoms with Gasteiger partial charge in [-0.2, -0.15) is 0 Å². The monoisotopic (exact) mass is 250 g/mol. The van der Waals surface area contributed by atoms with Crippen LogP contribution in [0.2, 0.25) is 0 Å². The smallest absolute Gasteiger partial charge is 0.0204 e. The lowest BCUT2D eigenvalue weighted by molar-refractivity contribution is 0.0391. The minimum atomic E-state index is 0.621. The highest BCUT2D eigenvalue weighted by Crippen LogP contribution is 2.77. The van der Waals surface area contributed by atoms with Gasteiger partial charge in [-0.25, -0.2) is 0 Å². The van der Waals surface area contributed by atoms with Crippen LogP contribution in [0.5, 0.6) is 0 Å². The summed E-state index contributed by atoms with van der Waals surface area (Å²) in [5.41, 5.74) is 1.36. The van der Waals surface area contributed by atoms with Crippen LogP contribution >= 0.6 is 0 Å². The Labute approximate surface area is 115 Å². The van der Waals surface area contributed by atoms with Crippen LogP contribution in [0, 0.1) is 34.5 Å². The second-order valence-electron chi connectivity index (χ2n) is 7.61. The molecule has 2 fully saturated rings. The van der Waals surface area contributed by atoms with Gasteiger partial charge in [-0.1, -0.05) is 67.2 Å². The Kier molecular flexibility index (Phi) is 3.87. The number of hydrogen-bond acceptors (Lipinski definition) is 0. The van der Waals surface area contributed by atoms with E-state index in [0.29, 0.717) is 5.41 Å². The molecule has 0 nitrogen and oxygen atoms in total. The molecule has 2 rings (SSSR count). The molecule has 0 heterocycles. The zero-order valence-electron chi connectivity index (χ0n) is 13.6. The van der Waals surface area contributed by atoms with E-state index in [1.807, 2.05) is 0 Å². The third kappa shape index (κ3) is 1.70. The van der Waals surface area contributed by atoms with Gasteiger partial charge in [0, 0.05) is 0 Å². The zero-order valence-corrected chi connectivity index (χ0v) is 13.6. The van der Waals surface area contributed by atoms with E-state index < -0.39 is 0 Å². The topological polar surface area (TPSA) is 0 Å². The molecule has 0 N–H and O–H groups in total.